The van der Waals surface area contributed by atoms with Gasteiger partial charge in [-0.05, 0) is 20.8 Å². The van der Waals surface area contributed by atoms with E-state index in [0.29, 0.717) is 6.61 Å². The van der Waals surface area contributed by atoms with E-state index in [4.69, 9.17) is 0 Å². The van der Waals surface area contributed by atoms with Gasteiger partial charge in [-0.3, -0.25) is 0 Å². The Morgan fingerprint density at radius 1 is 1.56 bits per heavy atom. The molecule has 0 saturated carbocycles. The first-order valence-corrected chi connectivity index (χ1v) is 2.98. The van der Waals surface area contributed by atoms with E-state index in [9.17, 15) is 4.79 Å². The Morgan fingerprint density at radius 3 is 2.44 bits per heavy atom. The van der Waals surface area contributed by atoms with E-state index in [1.165, 1.54) is 6.08 Å². The zero-order valence-electron chi connectivity index (χ0n) is 6.10. The van der Waals surface area contributed by atoms with Gasteiger partial charge < -0.3 is 4.74 Å². The van der Waals surface area contributed by atoms with Crippen LogP contribution in [0.3, 0.4) is 0 Å². The van der Waals surface area contributed by atoms with Crippen LogP contribution in [0.5, 0.6) is 0 Å². The van der Waals surface area contributed by atoms with E-state index in [-0.39, 0.29) is 5.97 Å². The second-order valence-electron chi connectivity index (χ2n) is 1.97. The molecule has 0 N–H and O–H groups in total. The molecule has 0 aromatic rings. The van der Waals surface area contributed by atoms with Crippen LogP contribution in [0, 0.1) is 0 Å². The Hall–Kier alpha value is -0.790. The van der Waals surface area contributed by atoms with Crippen LogP contribution in [0.2, 0.25) is 0 Å². The van der Waals surface area contributed by atoms with E-state index in [2.05, 4.69) is 4.74 Å². The molecule has 2 heteroatoms. The van der Waals surface area contributed by atoms with Gasteiger partial charge in [0, 0.05) is 6.08 Å². The summed E-state index contributed by atoms with van der Waals surface area (Å²) in [5.74, 6) is -0.252. The van der Waals surface area contributed by atoms with Gasteiger partial charge in [0.15, 0.2) is 0 Å². The zero-order chi connectivity index (χ0) is 7.28. The molecule has 0 aromatic carbocycles. The summed E-state index contributed by atoms with van der Waals surface area (Å²) in [7, 11) is 0. The summed E-state index contributed by atoms with van der Waals surface area (Å²) in [4.78, 5) is 10.6. The fourth-order valence-corrected chi connectivity index (χ4v) is 0.420. The summed E-state index contributed by atoms with van der Waals surface area (Å²) >= 11 is 0. The topological polar surface area (TPSA) is 26.3 Å². The van der Waals surface area contributed by atoms with Crippen molar-refractivity contribution in [2.75, 3.05) is 6.61 Å². The highest BCUT2D eigenvalue weighted by Gasteiger charge is 1.92. The molecule has 0 aliphatic carbocycles. The minimum Gasteiger partial charge on any atom is -0.463 e. The van der Waals surface area contributed by atoms with Crippen LogP contribution in [0.15, 0.2) is 11.6 Å². The molecule has 0 unspecified atom stereocenters. The van der Waals surface area contributed by atoms with Gasteiger partial charge in [0.2, 0.25) is 0 Å². The molecule has 0 fully saturated rings. The predicted octanol–water partition coefficient (Wildman–Crippen LogP) is 1.52. The second-order valence-corrected chi connectivity index (χ2v) is 1.97. The van der Waals surface area contributed by atoms with Crippen LogP contribution in [0.4, 0.5) is 0 Å². The highest BCUT2D eigenvalue weighted by molar-refractivity contribution is 5.82. The molecule has 0 radical (unpaired) electrons. The average Bonchev–Trinajstić information content (AvgIpc) is 1.63. The third-order valence-corrected chi connectivity index (χ3v) is 0.693. The first-order valence-electron chi connectivity index (χ1n) is 2.98. The zero-order valence-corrected chi connectivity index (χ0v) is 6.10. The molecule has 0 atom stereocenters. The smallest absolute Gasteiger partial charge is 0.330 e. The van der Waals surface area contributed by atoms with E-state index < -0.39 is 0 Å². The van der Waals surface area contributed by atoms with E-state index >= 15 is 0 Å². The van der Waals surface area contributed by atoms with Crippen molar-refractivity contribution in [3.8, 4) is 0 Å². The number of carbonyl (C=O) groups excluding carboxylic acids is 1. The number of allylic oxidation sites excluding steroid dienone is 1. The molecule has 0 aliphatic heterocycles. The molecule has 52 valence electrons. The van der Waals surface area contributed by atoms with Gasteiger partial charge in [-0.2, -0.15) is 0 Å². The van der Waals surface area contributed by atoms with Gasteiger partial charge >= 0.3 is 5.97 Å². The molecule has 0 heterocycles. The standard InChI is InChI=1S/C7H12O2/c1-4-9-7(8)5-6(2)3/h5H,4H2,1-3H3/i5+1,7+1. The number of hydrogen-bond donors (Lipinski definition) is 0. The van der Waals surface area contributed by atoms with Crippen molar-refractivity contribution in [3.63, 3.8) is 0 Å². The number of rotatable bonds is 2. The fraction of sp³-hybridized carbons (Fsp3) is 0.571. The summed E-state index contributed by atoms with van der Waals surface area (Å²) in [5, 5.41) is 0. The minimum absolute atomic E-state index is 0.252. The van der Waals surface area contributed by atoms with E-state index in [1.54, 1.807) is 6.92 Å². The maximum atomic E-state index is 10.6. The Bertz CT molecular complexity index is 121. The Balaban J connectivity index is 3.63. The van der Waals surface area contributed by atoms with Crippen molar-refractivity contribution in [1.29, 1.82) is 0 Å². The molecular weight excluding hydrogens is 118 g/mol. The van der Waals surface area contributed by atoms with Crippen LogP contribution in [0.1, 0.15) is 20.8 Å². The van der Waals surface area contributed by atoms with Crippen LogP contribution in [-0.2, 0) is 9.53 Å². The van der Waals surface area contributed by atoms with Crippen LogP contribution < -0.4 is 0 Å². The van der Waals surface area contributed by atoms with Crippen molar-refractivity contribution in [3.05, 3.63) is 11.6 Å². The summed E-state index contributed by atoms with van der Waals surface area (Å²) in [6, 6.07) is 0. The first-order chi connectivity index (χ1) is 4.16. The van der Waals surface area contributed by atoms with Gasteiger partial charge in [0.25, 0.3) is 0 Å². The van der Waals surface area contributed by atoms with Crippen LogP contribution >= 0.6 is 0 Å². The molecule has 9 heavy (non-hydrogen) atoms. The third-order valence-electron chi connectivity index (χ3n) is 0.693. The maximum absolute atomic E-state index is 10.6. The van der Waals surface area contributed by atoms with Crippen LogP contribution in [0.25, 0.3) is 0 Å². The lowest BCUT2D eigenvalue weighted by Gasteiger charge is -1.94. The molecular formula is C7H12O2. The van der Waals surface area contributed by atoms with Gasteiger partial charge in [-0.25, -0.2) is 4.79 Å². The quantitative estimate of drug-likeness (QED) is 0.322. The van der Waals surface area contributed by atoms with E-state index in [1.807, 2.05) is 13.8 Å². The Morgan fingerprint density at radius 2 is 2.11 bits per heavy atom. The molecule has 0 amide bonds. The van der Waals surface area contributed by atoms with Crippen molar-refractivity contribution in [2.24, 2.45) is 0 Å². The Kier molecular flexibility index (Phi) is 3.76. The highest BCUT2D eigenvalue weighted by atomic mass is 16.6. The lowest BCUT2D eigenvalue weighted by Crippen LogP contribution is -1.99. The fourth-order valence-electron chi connectivity index (χ4n) is 0.420. The third kappa shape index (κ3) is 5.07. The normalized spacial score (nSPS) is 8.33. The van der Waals surface area contributed by atoms with Crippen molar-refractivity contribution >= 4 is 5.97 Å². The van der Waals surface area contributed by atoms with Gasteiger partial charge in [-0.1, -0.05) is 5.57 Å². The summed E-state index contributed by atoms with van der Waals surface area (Å²) in [6.45, 7) is 5.95. The monoisotopic (exact) mass is 130 g/mol. The molecule has 0 aliphatic rings. The lowest BCUT2D eigenvalue weighted by atomic mass is 10.5. The maximum Gasteiger partial charge on any atom is 0.330 e. The van der Waals surface area contributed by atoms with E-state index in [0.717, 1.165) is 5.57 Å². The molecule has 0 bridgehead atoms. The number of hydrogen-bond acceptors (Lipinski definition) is 2. The summed E-state index contributed by atoms with van der Waals surface area (Å²) in [5.41, 5.74) is 0.966. The molecule has 0 rings (SSSR count). The molecule has 0 saturated heterocycles. The highest BCUT2D eigenvalue weighted by Crippen LogP contribution is 1.89. The van der Waals surface area contributed by atoms with Crippen molar-refractivity contribution in [1.82, 2.24) is 0 Å². The summed E-state index contributed by atoms with van der Waals surface area (Å²) in [6.07, 6.45) is 1.48. The number of carbonyl (C=O) groups is 1. The molecule has 2 nitrogen and oxygen atoms in total. The lowest BCUT2D eigenvalue weighted by molar-refractivity contribution is -0.137. The summed E-state index contributed by atoms with van der Waals surface area (Å²) < 4.78 is 4.64. The average molecular weight is 130 g/mol. The minimum atomic E-state index is -0.252. The Labute approximate surface area is 55.5 Å². The predicted molar refractivity (Wildman–Crippen MR) is 36.1 cm³/mol. The molecule has 0 aromatic heterocycles. The number of esters is 1. The number of ether oxygens (including phenoxy) is 1. The largest absolute Gasteiger partial charge is 0.463 e. The van der Waals surface area contributed by atoms with Gasteiger partial charge in [0.1, 0.15) is 0 Å². The van der Waals surface area contributed by atoms with Gasteiger partial charge in [0.05, 0.1) is 6.61 Å². The van der Waals surface area contributed by atoms with Crippen LogP contribution in [-0.4, -0.2) is 12.6 Å². The van der Waals surface area contributed by atoms with Gasteiger partial charge in [-0.15, -0.1) is 0 Å². The van der Waals surface area contributed by atoms with Crippen molar-refractivity contribution < 1.29 is 9.53 Å². The van der Waals surface area contributed by atoms with Crippen molar-refractivity contribution in [2.45, 2.75) is 20.8 Å². The molecule has 0 spiro atoms. The second kappa shape index (κ2) is 4.13. The SMILES string of the molecule is CCO[13C](=O)[13CH]=C(C)C. The first kappa shape index (κ1) is 8.21.